The molecule has 2 aromatic carbocycles. The van der Waals surface area contributed by atoms with Crippen LogP contribution >= 0.6 is 0 Å². The number of rotatable bonds is 10. The molecule has 0 aromatic heterocycles. The fraction of sp³-hybridized carbons (Fsp3) is 0.318. The Labute approximate surface area is 160 Å². The van der Waals surface area contributed by atoms with Gasteiger partial charge in [0.1, 0.15) is 11.3 Å². The number of hydrogen-bond donors (Lipinski definition) is 0. The molecule has 0 saturated carbocycles. The average Bonchev–Trinajstić information content (AvgIpc) is 2.71. The Balaban J connectivity index is 1.78. The largest absolute Gasteiger partial charge is 0.493 e. The summed E-state index contributed by atoms with van der Waals surface area (Å²) >= 11 is 0. The first-order valence-corrected chi connectivity index (χ1v) is 8.93. The molecule has 0 saturated heterocycles. The zero-order valence-corrected chi connectivity index (χ0v) is 16.1. The number of esters is 1. The van der Waals surface area contributed by atoms with Crippen molar-refractivity contribution in [3.8, 4) is 17.2 Å². The molecule has 0 aliphatic rings. The molecule has 0 heterocycles. The number of carbonyl (C=O) groups is 1. The average molecular weight is 370 g/mol. The SMILES string of the molecule is CC=Cc1ccc(OCCCCOc2ccccc2C(=O)OC)c(OC)c1. The monoisotopic (exact) mass is 370 g/mol. The molecule has 0 unspecified atom stereocenters. The highest BCUT2D eigenvalue weighted by Gasteiger charge is 2.11. The number of hydrogen-bond acceptors (Lipinski definition) is 5. The molecule has 0 amide bonds. The second-order valence-electron chi connectivity index (χ2n) is 5.80. The fourth-order valence-corrected chi connectivity index (χ4v) is 2.54. The number of unbranched alkanes of at least 4 members (excludes halogenated alkanes) is 1. The highest BCUT2D eigenvalue weighted by atomic mass is 16.5. The summed E-state index contributed by atoms with van der Waals surface area (Å²) in [7, 11) is 2.99. The molecule has 0 bridgehead atoms. The quantitative estimate of drug-likeness (QED) is 0.446. The van der Waals surface area contributed by atoms with E-state index in [9.17, 15) is 4.79 Å². The summed E-state index contributed by atoms with van der Waals surface area (Å²) in [6.45, 7) is 3.03. The highest BCUT2D eigenvalue weighted by molar-refractivity contribution is 5.92. The normalized spacial score (nSPS) is 10.6. The lowest BCUT2D eigenvalue weighted by molar-refractivity contribution is 0.0596. The van der Waals surface area contributed by atoms with Crippen LogP contribution in [0.1, 0.15) is 35.7 Å². The van der Waals surface area contributed by atoms with E-state index in [1.807, 2.05) is 43.3 Å². The Morgan fingerprint density at radius 3 is 2.30 bits per heavy atom. The van der Waals surface area contributed by atoms with Gasteiger partial charge in [-0.15, -0.1) is 0 Å². The molecule has 27 heavy (non-hydrogen) atoms. The van der Waals surface area contributed by atoms with Crippen molar-refractivity contribution in [2.24, 2.45) is 0 Å². The highest BCUT2D eigenvalue weighted by Crippen LogP contribution is 2.28. The van der Waals surface area contributed by atoms with E-state index in [1.165, 1.54) is 7.11 Å². The third kappa shape index (κ3) is 6.06. The molecule has 5 nitrogen and oxygen atoms in total. The number of para-hydroxylation sites is 1. The molecule has 0 aliphatic carbocycles. The van der Waals surface area contributed by atoms with Crippen LogP contribution in [0.5, 0.6) is 17.2 Å². The van der Waals surface area contributed by atoms with Crippen molar-refractivity contribution in [3.63, 3.8) is 0 Å². The third-order valence-corrected chi connectivity index (χ3v) is 3.89. The van der Waals surface area contributed by atoms with Crippen LogP contribution in [-0.4, -0.2) is 33.4 Å². The molecule has 0 aliphatic heterocycles. The van der Waals surface area contributed by atoms with E-state index in [4.69, 9.17) is 18.9 Å². The summed E-state index contributed by atoms with van der Waals surface area (Å²) < 4.78 is 21.7. The van der Waals surface area contributed by atoms with Crippen LogP contribution in [0.3, 0.4) is 0 Å². The molecular formula is C22H26O5. The second-order valence-corrected chi connectivity index (χ2v) is 5.80. The third-order valence-electron chi connectivity index (χ3n) is 3.89. The molecule has 0 atom stereocenters. The van der Waals surface area contributed by atoms with Crippen LogP contribution in [0, 0.1) is 0 Å². The van der Waals surface area contributed by atoms with E-state index in [0.717, 1.165) is 24.2 Å². The predicted octanol–water partition coefficient (Wildman–Crippen LogP) is 4.75. The Bertz CT molecular complexity index is 767. The van der Waals surface area contributed by atoms with Gasteiger partial charge in [0, 0.05) is 0 Å². The maximum atomic E-state index is 11.7. The van der Waals surface area contributed by atoms with Gasteiger partial charge in [-0.25, -0.2) is 4.79 Å². The van der Waals surface area contributed by atoms with Crippen molar-refractivity contribution in [2.75, 3.05) is 27.4 Å². The van der Waals surface area contributed by atoms with E-state index in [2.05, 4.69) is 0 Å². The lowest BCUT2D eigenvalue weighted by Crippen LogP contribution is -2.07. The summed E-state index contributed by atoms with van der Waals surface area (Å²) in [6.07, 6.45) is 5.61. The first kappa shape index (κ1) is 20.4. The molecule has 2 aromatic rings. The predicted molar refractivity (Wildman–Crippen MR) is 106 cm³/mol. The minimum Gasteiger partial charge on any atom is -0.493 e. The molecule has 5 heteroatoms. The smallest absolute Gasteiger partial charge is 0.341 e. The standard InChI is InChI=1S/C22H26O5/c1-4-9-17-12-13-20(21(16-17)24-2)27-15-8-7-14-26-19-11-6-5-10-18(19)22(23)25-3/h4-6,9-13,16H,7-8,14-15H2,1-3H3. The Morgan fingerprint density at radius 2 is 1.63 bits per heavy atom. The van der Waals surface area contributed by atoms with E-state index < -0.39 is 5.97 Å². The van der Waals surface area contributed by atoms with Crippen molar-refractivity contribution < 1.29 is 23.7 Å². The molecule has 144 valence electrons. The topological polar surface area (TPSA) is 54.0 Å². The van der Waals surface area contributed by atoms with Crippen LogP contribution < -0.4 is 14.2 Å². The zero-order chi connectivity index (χ0) is 19.5. The zero-order valence-electron chi connectivity index (χ0n) is 16.1. The summed E-state index contributed by atoms with van der Waals surface area (Å²) in [5.41, 5.74) is 1.50. The minimum absolute atomic E-state index is 0.401. The van der Waals surface area contributed by atoms with Crippen molar-refractivity contribution in [1.29, 1.82) is 0 Å². The molecule has 2 rings (SSSR count). The van der Waals surface area contributed by atoms with Gasteiger partial charge in [0.15, 0.2) is 11.5 Å². The second kappa shape index (κ2) is 10.9. The van der Waals surface area contributed by atoms with Crippen molar-refractivity contribution in [2.45, 2.75) is 19.8 Å². The van der Waals surface area contributed by atoms with Crippen LogP contribution in [-0.2, 0) is 4.74 Å². The molecular weight excluding hydrogens is 344 g/mol. The van der Waals surface area contributed by atoms with E-state index >= 15 is 0 Å². The number of ether oxygens (including phenoxy) is 4. The van der Waals surface area contributed by atoms with Gasteiger partial charge in [0.05, 0.1) is 27.4 Å². The molecule has 0 spiro atoms. The summed E-state index contributed by atoms with van der Waals surface area (Å²) in [4.78, 5) is 11.7. The maximum Gasteiger partial charge on any atom is 0.341 e. The summed E-state index contributed by atoms with van der Waals surface area (Å²) in [6, 6.07) is 12.9. The lowest BCUT2D eigenvalue weighted by Gasteiger charge is -2.12. The van der Waals surface area contributed by atoms with E-state index in [-0.39, 0.29) is 0 Å². The first-order valence-electron chi connectivity index (χ1n) is 8.93. The molecule has 0 N–H and O–H groups in total. The minimum atomic E-state index is -0.401. The summed E-state index contributed by atoms with van der Waals surface area (Å²) in [5.74, 6) is 1.57. The first-order chi connectivity index (χ1) is 13.2. The van der Waals surface area contributed by atoms with E-state index in [0.29, 0.717) is 30.3 Å². The maximum absolute atomic E-state index is 11.7. The van der Waals surface area contributed by atoms with Gasteiger partial charge in [-0.3, -0.25) is 0 Å². The van der Waals surface area contributed by atoms with Gasteiger partial charge in [-0.1, -0.05) is 30.4 Å². The van der Waals surface area contributed by atoms with E-state index in [1.54, 1.807) is 25.3 Å². The fourth-order valence-electron chi connectivity index (χ4n) is 2.54. The Kier molecular flexibility index (Phi) is 8.23. The van der Waals surface area contributed by atoms with Gasteiger partial charge >= 0.3 is 5.97 Å². The van der Waals surface area contributed by atoms with Gasteiger partial charge < -0.3 is 18.9 Å². The number of carbonyl (C=O) groups excluding carboxylic acids is 1. The van der Waals surface area contributed by atoms with Crippen LogP contribution in [0.2, 0.25) is 0 Å². The van der Waals surface area contributed by atoms with Crippen LogP contribution in [0.4, 0.5) is 0 Å². The van der Waals surface area contributed by atoms with Gasteiger partial charge in [0.25, 0.3) is 0 Å². The van der Waals surface area contributed by atoms with Crippen molar-refractivity contribution >= 4 is 12.0 Å². The van der Waals surface area contributed by atoms with Gasteiger partial charge in [0.2, 0.25) is 0 Å². The van der Waals surface area contributed by atoms with Crippen molar-refractivity contribution in [1.82, 2.24) is 0 Å². The lowest BCUT2D eigenvalue weighted by atomic mass is 10.2. The van der Waals surface area contributed by atoms with Gasteiger partial charge in [-0.2, -0.15) is 0 Å². The number of benzene rings is 2. The number of allylic oxidation sites excluding steroid dienone is 1. The number of methoxy groups -OCH3 is 2. The Morgan fingerprint density at radius 1 is 0.926 bits per heavy atom. The summed E-state index contributed by atoms with van der Waals surface area (Å²) in [5, 5.41) is 0. The molecule has 0 fully saturated rings. The van der Waals surface area contributed by atoms with Crippen molar-refractivity contribution in [3.05, 3.63) is 59.7 Å². The van der Waals surface area contributed by atoms with Crippen LogP contribution in [0.15, 0.2) is 48.5 Å². The molecule has 0 radical (unpaired) electrons. The Hall–Kier alpha value is -2.95. The van der Waals surface area contributed by atoms with Crippen LogP contribution in [0.25, 0.3) is 6.08 Å². The van der Waals surface area contributed by atoms with Gasteiger partial charge in [-0.05, 0) is 49.6 Å².